The van der Waals surface area contributed by atoms with E-state index in [2.05, 4.69) is 33.9 Å². The summed E-state index contributed by atoms with van der Waals surface area (Å²) in [7, 11) is 0. The fourth-order valence-corrected chi connectivity index (χ4v) is 4.10. The van der Waals surface area contributed by atoms with Crippen molar-refractivity contribution in [1.82, 2.24) is 15.1 Å². The zero-order valence-electron chi connectivity index (χ0n) is 12.4. The van der Waals surface area contributed by atoms with E-state index in [4.69, 9.17) is 0 Å². The Morgan fingerprint density at radius 3 is 3.19 bits per heavy atom. The smallest absolute Gasteiger partial charge is 0.233 e. The molecule has 1 atom stereocenters. The lowest BCUT2D eigenvalue weighted by Gasteiger charge is -2.35. The Bertz CT molecular complexity index is 477. The van der Waals surface area contributed by atoms with Crippen LogP contribution in [0.1, 0.15) is 32.6 Å². The molecule has 0 aromatic carbocycles. The van der Waals surface area contributed by atoms with Gasteiger partial charge in [0.15, 0.2) is 4.34 Å². The summed E-state index contributed by atoms with van der Waals surface area (Å²) >= 11 is 2.96. The van der Waals surface area contributed by atoms with E-state index >= 15 is 0 Å². The van der Waals surface area contributed by atoms with Crippen LogP contribution in [0.4, 0.5) is 5.13 Å². The highest BCUT2D eigenvalue weighted by molar-refractivity contribution is 8.01. The molecule has 2 rings (SSSR count). The van der Waals surface area contributed by atoms with Gasteiger partial charge >= 0.3 is 0 Å². The van der Waals surface area contributed by atoms with Crippen LogP contribution in [0.2, 0.25) is 0 Å². The summed E-state index contributed by atoms with van der Waals surface area (Å²) in [6.45, 7) is 7.38. The van der Waals surface area contributed by atoms with Crippen LogP contribution in [0.15, 0.2) is 17.0 Å². The first kappa shape index (κ1) is 16.3. The molecule has 0 unspecified atom stereocenters. The van der Waals surface area contributed by atoms with Crippen molar-refractivity contribution in [3.8, 4) is 0 Å². The quantitative estimate of drug-likeness (QED) is 0.616. The van der Waals surface area contributed by atoms with Crippen LogP contribution in [-0.4, -0.2) is 45.9 Å². The minimum atomic E-state index is 0.224. The van der Waals surface area contributed by atoms with Gasteiger partial charge in [-0.15, -0.1) is 16.8 Å². The summed E-state index contributed by atoms with van der Waals surface area (Å²) in [6.07, 6.45) is 6.33. The molecule has 0 bridgehead atoms. The highest BCUT2D eigenvalue weighted by Crippen LogP contribution is 2.27. The van der Waals surface area contributed by atoms with Crippen LogP contribution in [0.3, 0.4) is 0 Å². The van der Waals surface area contributed by atoms with Gasteiger partial charge in [0, 0.05) is 19.1 Å². The van der Waals surface area contributed by atoms with Gasteiger partial charge in [0.1, 0.15) is 0 Å². The molecule has 1 aliphatic rings. The van der Waals surface area contributed by atoms with Crippen LogP contribution in [-0.2, 0) is 4.79 Å². The summed E-state index contributed by atoms with van der Waals surface area (Å²) in [5, 5.41) is 12.0. The third-order valence-electron chi connectivity index (χ3n) is 3.54. The van der Waals surface area contributed by atoms with Gasteiger partial charge in [0.25, 0.3) is 0 Å². The van der Waals surface area contributed by atoms with Gasteiger partial charge in [0.2, 0.25) is 11.0 Å². The number of carbonyl (C=O) groups is 1. The molecule has 1 aromatic rings. The molecule has 1 N–H and O–H groups in total. The monoisotopic (exact) mass is 326 g/mol. The molecule has 1 aliphatic heterocycles. The first-order chi connectivity index (χ1) is 10.2. The van der Waals surface area contributed by atoms with Gasteiger partial charge in [-0.05, 0) is 25.7 Å². The predicted octanol–water partition coefficient (Wildman–Crippen LogP) is 3.02. The fraction of sp³-hybridized carbons (Fsp3) is 0.643. The number of carbonyl (C=O) groups excluding carboxylic acids is 1. The van der Waals surface area contributed by atoms with E-state index in [0.29, 0.717) is 18.3 Å². The second-order valence-corrected chi connectivity index (χ2v) is 7.18. The number of nitrogens with zero attached hydrogens (tertiary/aromatic N) is 3. The number of thioether (sulfide) groups is 1. The summed E-state index contributed by atoms with van der Waals surface area (Å²) in [5.74, 6) is 0.675. The third-order valence-corrected chi connectivity index (χ3v) is 5.54. The van der Waals surface area contributed by atoms with Crippen molar-refractivity contribution >= 4 is 34.1 Å². The van der Waals surface area contributed by atoms with Crippen LogP contribution in [0, 0.1) is 0 Å². The Balaban J connectivity index is 1.82. The number of piperidine rings is 1. The van der Waals surface area contributed by atoms with Crippen molar-refractivity contribution in [2.24, 2.45) is 0 Å². The van der Waals surface area contributed by atoms with Crippen molar-refractivity contribution in [2.45, 2.75) is 43.0 Å². The normalized spacial score (nSPS) is 18.5. The largest absolute Gasteiger partial charge is 0.357 e. The van der Waals surface area contributed by atoms with Crippen molar-refractivity contribution in [3.05, 3.63) is 12.7 Å². The molecule has 0 saturated carbocycles. The van der Waals surface area contributed by atoms with E-state index in [-0.39, 0.29) is 5.91 Å². The Hall–Kier alpha value is -1.08. The lowest BCUT2D eigenvalue weighted by molar-refractivity contribution is -0.132. The van der Waals surface area contributed by atoms with E-state index in [9.17, 15) is 4.79 Å². The van der Waals surface area contributed by atoms with Crippen LogP contribution in [0.5, 0.6) is 0 Å². The number of hydrogen-bond donors (Lipinski definition) is 1. The van der Waals surface area contributed by atoms with Crippen molar-refractivity contribution < 1.29 is 4.79 Å². The molecule has 5 nitrogen and oxygen atoms in total. The molecule has 0 aliphatic carbocycles. The molecule has 1 fully saturated rings. The molecular weight excluding hydrogens is 304 g/mol. The van der Waals surface area contributed by atoms with Crippen LogP contribution < -0.4 is 5.32 Å². The fourth-order valence-electron chi connectivity index (χ4n) is 2.46. The Morgan fingerprint density at radius 1 is 1.57 bits per heavy atom. The van der Waals surface area contributed by atoms with Gasteiger partial charge in [-0.25, -0.2) is 0 Å². The van der Waals surface area contributed by atoms with Crippen LogP contribution >= 0.6 is 23.1 Å². The lowest BCUT2D eigenvalue weighted by atomic mass is 10.0. The minimum Gasteiger partial charge on any atom is -0.357 e. The molecule has 21 heavy (non-hydrogen) atoms. The summed E-state index contributed by atoms with van der Waals surface area (Å²) in [4.78, 5) is 14.4. The summed E-state index contributed by atoms with van der Waals surface area (Å²) in [6, 6.07) is 0.422. The highest BCUT2D eigenvalue weighted by Gasteiger charge is 2.25. The topological polar surface area (TPSA) is 58.1 Å². The molecule has 1 amide bonds. The average molecular weight is 326 g/mol. The SMILES string of the molecule is C=CCNc1nnc(SCC(=O)N2CCCC[C@@H]2CC)s1. The molecule has 0 spiro atoms. The van der Waals surface area contributed by atoms with Gasteiger partial charge in [-0.2, -0.15) is 0 Å². The minimum absolute atomic E-state index is 0.224. The van der Waals surface area contributed by atoms with E-state index in [0.717, 1.165) is 35.3 Å². The first-order valence-electron chi connectivity index (χ1n) is 7.35. The molecule has 7 heteroatoms. The molecule has 0 radical (unpaired) electrons. The van der Waals surface area contributed by atoms with Gasteiger partial charge in [-0.1, -0.05) is 36.1 Å². The number of likely N-dealkylation sites (tertiary alicyclic amines) is 1. The third kappa shape index (κ3) is 4.71. The number of anilines is 1. The van der Waals surface area contributed by atoms with Gasteiger partial charge in [-0.3, -0.25) is 4.79 Å². The Morgan fingerprint density at radius 2 is 2.43 bits per heavy atom. The molecule has 2 heterocycles. The lowest BCUT2D eigenvalue weighted by Crippen LogP contribution is -2.44. The van der Waals surface area contributed by atoms with E-state index in [1.54, 1.807) is 6.08 Å². The second kappa shape index (κ2) is 8.38. The Labute approximate surface area is 134 Å². The van der Waals surface area contributed by atoms with Gasteiger partial charge < -0.3 is 10.2 Å². The second-order valence-electron chi connectivity index (χ2n) is 4.98. The summed E-state index contributed by atoms with van der Waals surface area (Å²) < 4.78 is 0.833. The maximum absolute atomic E-state index is 12.4. The summed E-state index contributed by atoms with van der Waals surface area (Å²) in [5.41, 5.74) is 0. The highest BCUT2D eigenvalue weighted by atomic mass is 32.2. The first-order valence-corrected chi connectivity index (χ1v) is 9.15. The van der Waals surface area contributed by atoms with E-state index in [1.807, 2.05) is 0 Å². The Kier molecular flexibility index (Phi) is 6.50. The van der Waals surface area contributed by atoms with Crippen molar-refractivity contribution in [1.29, 1.82) is 0 Å². The molecular formula is C14H22N4OS2. The maximum atomic E-state index is 12.4. The zero-order valence-corrected chi connectivity index (χ0v) is 14.0. The standard InChI is InChI=1S/C14H22N4OS2/c1-3-8-15-13-16-17-14(21-13)20-10-12(19)18-9-6-5-7-11(18)4-2/h3,11H,1,4-10H2,2H3,(H,15,16)/t11-/m0/s1. The van der Waals surface area contributed by atoms with E-state index < -0.39 is 0 Å². The van der Waals surface area contributed by atoms with Gasteiger partial charge in [0.05, 0.1) is 5.75 Å². The number of rotatable bonds is 7. The number of aromatic nitrogens is 2. The van der Waals surface area contributed by atoms with Crippen molar-refractivity contribution in [2.75, 3.05) is 24.2 Å². The molecule has 1 aromatic heterocycles. The molecule has 1 saturated heterocycles. The predicted molar refractivity (Wildman–Crippen MR) is 89.0 cm³/mol. The number of hydrogen-bond acceptors (Lipinski definition) is 6. The number of amides is 1. The van der Waals surface area contributed by atoms with E-state index in [1.165, 1.54) is 29.5 Å². The zero-order chi connectivity index (χ0) is 15.1. The number of nitrogens with one attached hydrogen (secondary N) is 1. The maximum Gasteiger partial charge on any atom is 0.233 e. The molecule has 116 valence electrons. The average Bonchev–Trinajstić information content (AvgIpc) is 2.98. The van der Waals surface area contributed by atoms with Crippen LogP contribution in [0.25, 0.3) is 0 Å². The van der Waals surface area contributed by atoms with Crippen molar-refractivity contribution in [3.63, 3.8) is 0 Å².